The fraction of sp³-hybridized carbons (Fsp3) is 0.250. The van der Waals surface area contributed by atoms with E-state index in [-0.39, 0.29) is 0 Å². The molecule has 0 aromatic heterocycles. The lowest BCUT2D eigenvalue weighted by Gasteiger charge is -2.07. The standard InChI is InChI=1S/C16H18ClNS/c1-2-19-16-8-7-14(10-15(16)17)9-12-3-5-13(11-18)6-4-12/h3-8,10H,2,9,11,18H2,1H3. The highest BCUT2D eigenvalue weighted by atomic mass is 35.5. The lowest BCUT2D eigenvalue weighted by Crippen LogP contribution is -1.96. The summed E-state index contributed by atoms with van der Waals surface area (Å²) in [6.07, 6.45) is 0.904. The predicted molar refractivity (Wildman–Crippen MR) is 85.0 cm³/mol. The lowest BCUT2D eigenvalue weighted by atomic mass is 10.0. The first-order chi connectivity index (χ1) is 9.22. The average molecular weight is 292 g/mol. The first-order valence-corrected chi connectivity index (χ1v) is 7.78. The van der Waals surface area contributed by atoms with Gasteiger partial charge in [-0.2, -0.15) is 0 Å². The first kappa shape index (κ1) is 14.4. The molecule has 2 aromatic carbocycles. The predicted octanol–water partition coefficient (Wildman–Crippen LogP) is 4.50. The van der Waals surface area contributed by atoms with Crippen LogP contribution in [0.4, 0.5) is 0 Å². The molecule has 0 amide bonds. The van der Waals surface area contributed by atoms with Crippen molar-refractivity contribution in [3.63, 3.8) is 0 Å². The summed E-state index contributed by atoms with van der Waals surface area (Å²) in [4.78, 5) is 1.16. The van der Waals surface area contributed by atoms with Gasteiger partial charge in [0.05, 0.1) is 5.02 Å². The van der Waals surface area contributed by atoms with E-state index in [9.17, 15) is 0 Å². The summed E-state index contributed by atoms with van der Waals surface area (Å²) in [6, 6.07) is 14.8. The van der Waals surface area contributed by atoms with Gasteiger partial charge in [-0.25, -0.2) is 0 Å². The van der Waals surface area contributed by atoms with Crippen molar-refractivity contribution >= 4 is 23.4 Å². The summed E-state index contributed by atoms with van der Waals surface area (Å²) in [5, 5.41) is 0.850. The molecular formula is C16H18ClNS. The number of halogens is 1. The van der Waals surface area contributed by atoms with E-state index in [0.29, 0.717) is 6.54 Å². The molecule has 0 spiro atoms. The highest BCUT2D eigenvalue weighted by Crippen LogP contribution is 2.28. The Morgan fingerprint density at radius 2 is 1.63 bits per heavy atom. The van der Waals surface area contributed by atoms with Crippen LogP contribution in [0.1, 0.15) is 23.6 Å². The zero-order valence-electron chi connectivity index (χ0n) is 11.0. The lowest BCUT2D eigenvalue weighted by molar-refractivity contribution is 1.06. The highest BCUT2D eigenvalue weighted by Gasteiger charge is 2.03. The molecule has 0 aliphatic rings. The van der Waals surface area contributed by atoms with Crippen molar-refractivity contribution in [1.29, 1.82) is 0 Å². The van der Waals surface area contributed by atoms with Crippen molar-refractivity contribution in [3.05, 3.63) is 64.2 Å². The van der Waals surface area contributed by atoms with Crippen LogP contribution in [0.15, 0.2) is 47.4 Å². The molecule has 2 aromatic rings. The maximum absolute atomic E-state index is 6.28. The second-order valence-electron chi connectivity index (χ2n) is 4.40. The van der Waals surface area contributed by atoms with Gasteiger partial charge in [-0.3, -0.25) is 0 Å². The van der Waals surface area contributed by atoms with Gasteiger partial charge in [0.1, 0.15) is 0 Å². The molecule has 2 rings (SSSR count). The van der Waals surface area contributed by atoms with Crippen LogP contribution in [0.3, 0.4) is 0 Å². The SMILES string of the molecule is CCSc1ccc(Cc2ccc(CN)cc2)cc1Cl. The van der Waals surface area contributed by atoms with Crippen LogP contribution in [0.25, 0.3) is 0 Å². The molecule has 1 nitrogen and oxygen atoms in total. The minimum atomic E-state index is 0.592. The third-order valence-electron chi connectivity index (χ3n) is 2.96. The molecule has 0 unspecified atom stereocenters. The number of hydrogen-bond donors (Lipinski definition) is 1. The molecule has 0 radical (unpaired) electrons. The van der Waals surface area contributed by atoms with E-state index in [1.54, 1.807) is 11.8 Å². The number of benzene rings is 2. The topological polar surface area (TPSA) is 26.0 Å². The van der Waals surface area contributed by atoms with Crippen molar-refractivity contribution in [2.45, 2.75) is 24.8 Å². The summed E-state index contributed by atoms with van der Waals surface area (Å²) in [5.74, 6) is 1.04. The monoisotopic (exact) mass is 291 g/mol. The minimum absolute atomic E-state index is 0.592. The van der Waals surface area contributed by atoms with Gasteiger partial charge in [-0.15, -0.1) is 11.8 Å². The Kier molecular flexibility index (Phi) is 5.32. The van der Waals surface area contributed by atoms with Gasteiger partial charge in [-0.1, -0.05) is 48.9 Å². The molecule has 0 saturated heterocycles. The third-order valence-corrected chi connectivity index (χ3v) is 4.34. The molecule has 0 aliphatic carbocycles. The Labute approximate surface area is 124 Å². The zero-order valence-corrected chi connectivity index (χ0v) is 12.6. The van der Waals surface area contributed by atoms with Crippen molar-refractivity contribution in [1.82, 2.24) is 0 Å². The van der Waals surface area contributed by atoms with Gasteiger partial charge in [0.25, 0.3) is 0 Å². The second-order valence-corrected chi connectivity index (χ2v) is 6.11. The van der Waals surface area contributed by atoms with Crippen LogP contribution in [0, 0.1) is 0 Å². The number of rotatable bonds is 5. The number of thioether (sulfide) groups is 1. The van der Waals surface area contributed by atoms with Crippen LogP contribution < -0.4 is 5.73 Å². The first-order valence-electron chi connectivity index (χ1n) is 6.42. The summed E-state index contributed by atoms with van der Waals surface area (Å²) >= 11 is 8.06. The van der Waals surface area contributed by atoms with Crippen molar-refractivity contribution in [3.8, 4) is 0 Å². The maximum Gasteiger partial charge on any atom is 0.0544 e. The Morgan fingerprint density at radius 1 is 1.00 bits per heavy atom. The van der Waals surface area contributed by atoms with E-state index in [4.69, 9.17) is 17.3 Å². The minimum Gasteiger partial charge on any atom is -0.326 e. The van der Waals surface area contributed by atoms with Crippen LogP contribution in [0.5, 0.6) is 0 Å². The van der Waals surface area contributed by atoms with Gasteiger partial charge < -0.3 is 5.73 Å². The van der Waals surface area contributed by atoms with Gasteiger partial charge >= 0.3 is 0 Å². The molecule has 3 heteroatoms. The highest BCUT2D eigenvalue weighted by molar-refractivity contribution is 7.99. The molecular weight excluding hydrogens is 274 g/mol. The summed E-state index contributed by atoms with van der Waals surface area (Å²) in [5.41, 5.74) is 9.28. The number of hydrogen-bond acceptors (Lipinski definition) is 2. The molecule has 0 heterocycles. The Bertz CT molecular complexity index is 537. The van der Waals surface area contributed by atoms with Crippen LogP contribution in [-0.4, -0.2) is 5.75 Å². The van der Waals surface area contributed by atoms with E-state index < -0.39 is 0 Å². The molecule has 0 aliphatic heterocycles. The van der Waals surface area contributed by atoms with Crippen molar-refractivity contribution in [2.24, 2.45) is 5.73 Å². The van der Waals surface area contributed by atoms with Crippen molar-refractivity contribution < 1.29 is 0 Å². The fourth-order valence-corrected chi connectivity index (χ4v) is 2.99. The van der Waals surface area contributed by atoms with Gasteiger partial charge in [0, 0.05) is 11.4 Å². The van der Waals surface area contributed by atoms with Crippen molar-refractivity contribution in [2.75, 3.05) is 5.75 Å². The van der Waals surface area contributed by atoms with E-state index >= 15 is 0 Å². The maximum atomic E-state index is 6.28. The normalized spacial score (nSPS) is 10.7. The molecule has 0 bridgehead atoms. The molecule has 0 atom stereocenters. The Morgan fingerprint density at radius 3 is 2.21 bits per heavy atom. The van der Waals surface area contributed by atoms with Crippen LogP contribution in [0.2, 0.25) is 5.02 Å². The van der Waals surface area contributed by atoms with Crippen LogP contribution in [-0.2, 0) is 13.0 Å². The van der Waals surface area contributed by atoms with Gasteiger partial charge in [-0.05, 0) is 41.0 Å². The van der Waals surface area contributed by atoms with E-state index in [0.717, 1.165) is 27.7 Å². The summed E-state index contributed by atoms with van der Waals surface area (Å²) in [6.45, 7) is 2.73. The quantitative estimate of drug-likeness (QED) is 0.821. The summed E-state index contributed by atoms with van der Waals surface area (Å²) < 4.78 is 0. The van der Waals surface area contributed by atoms with Gasteiger partial charge in [0.2, 0.25) is 0 Å². The number of nitrogens with two attached hydrogens (primary N) is 1. The van der Waals surface area contributed by atoms with Gasteiger partial charge in [0.15, 0.2) is 0 Å². The average Bonchev–Trinajstić information content (AvgIpc) is 2.43. The molecule has 2 N–H and O–H groups in total. The molecule has 0 saturated carbocycles. The Balaban J connectivity index is 2.11. The second kappa shape index (κ2) is 6.99. The third kappa shape index (κ3) is 4.00. The smallest absolute Gasteiger partial charge is 0.0544 e. The Hall–Kier alpha value is -0.960. The van der Waals surface area contributed by atoms with Crippen LogP contribution >= 0.6 is 23.4 Å². The molecule has 19 heavy (non-hydrogen) atoms. The summed E-state index contributed by atoms with van der Waals surface area (Å²) in [7, 11) is 0. The fourth-order valence-electron chi connectivity index (χ4n) is 1.96. The largest absolute Gasteiger partial charge is 0.326 e. The van der Waals surface area contributed by atoms with E-state index in [2.05, 4.69) is 49.4 Å². The van der Waals surface area contributed by atoms with E-state index in [1.807, 2.05) is 0 Å². The zero-order chi connectivity index (χ0) is 13.7. The van der Waals surface area contributed by atoms with E-state index in [1.165, 1.54) is 11.1 Å². The molecule has 0 fully saturated rings. The molecule has 100 valence electrons.